The fourth-order valence-electron chi connectivity index (χ4n) is 1.18. The predicted molar refractivity (Wildman–Crippen MR) is 62.5 cm³/mol. The van der Waals surface area contributed by atoms with Crippen molar-refractivity contribution in [2.24, 2.45) is 0 Å². The Morgan fingerprint density at radius 2 is 1.93 bits per heavy atom. The summed E-state index contributed by atoms with van der Waals surface area (Å²) in [7, 11) is -0.718. The molecule has 0 heterocycles. The highest BCUT2D eigenvalue weighted by Crippen LogP contribution is 2.08. The van der Waals surface area contributed by atoms with Gasteiger partial charge in [0.05, 0.1) is 0 Å². The zero-order chi connectivity index (χ0) is 10.4. The molecule has 1 rings (SSSR count). The number of hydrogen-bond donors (Lipinski definition) is 1. The van der Waals surface area contributed by atoms with Crippen LogP contribution in [0.15, 0.2) is 24.3 Å². The summed E-state index contributed by atoms with van der Waals surface area (Å²) >= 11 is 0. The van der Waals surface area contributed by atoms with Crippen molar-refractivity contribution in [1.29, 1.82) is 0 Å². The standard InChI is InChI=1S/C11H17NOS/c1-2-3-8-14(13)9-10-4-6-11(12)7-5-10/h4-7H,2-3,8-9,12H2,1H3. The molecule has 3 heteroatoms. The van der Waals surface area contributed by atoms with Crippen molar-refractivity contribution >= 4 is 16.5 Å². The predicted octanol–water partition coefficient (Wildman–Crippen LogP) is 2.32. The fraction of sp³-hybridized carbons (Fsp3) is 0.455. The van der Waals surface area contributed by atoms with Crippen LogP contribution in [0.2, 0.25) is 0 Å². The molecule has 0 amide bonds. The molecule has 14 heavy (non-hydrogen) atoms. The number of nitrogen functional groups attached to an aromatic ring is 1. The van der Waals surface area contributed by atoms with E-state index in [1.54, 1.807) is 0 Å². The summed E-state index contributed by atoms with van der Waals surface area (Å²) in [6.45, 7) is 2.11. The van der Waals surface area contributed by atoms with Crippen molar-refractivity contribution in [2.75, 3.05) is 11.5 Å². The second-order valence-corrected chi connectivity index (χ2v) is 4.96. The second-order valence-electron chi connectivity index (χ2n) is 3.38. The third-order valence-electron chi connectivity index (χ3n) is 2.03. The highest BCUT2D eigenvalue weighted by Gasteiger charge is 2.00. The van der Waals surface area contributed by atoms with Gasteiger partial charge >= 0.3 is 0 Å². The van der Waals surface area contributed by atoms with Crippen LogP contribution in [0.5, 0.6) is 0 Å². The number of nitrogens with two attached hydrogens (primary N) is 1. The molecule has 0 aliphatic carbocycles. The van der Waals surface area contributed by atoms with Crippen LogP contribution in [0.25, 0.3) is 0 Å². The minimum atomic E-state index is -0.718. The van der Waals surface area contributed by atoms with Crippen molar-refractivity contribution < 1.29 is 4.21 Å². The van der Waals surface area contributed by atoms with E-state index in [0.717, 1.165) is 29.8 Å². The summed E-state index contributed by atoms with van der Waals surface area (Å²) in [6.07, 6.45) is 2.15. The molecule has 2 nitrogen and oxygen atoms in total. The van der Waals surface area contributed by atoms with E-state index in [0.29, 0.717) is 5.75 Å². The van der Waals surface area contributed by atoms with E-state index in [4.69, 9.17) is 5.73 Å². The average Bonchev–Trinajstić information content (AvgIpc) is 2.18. The molecule has 0 aromatic heterocycles. The normalized spacial score (nSPS) is 12.6. The largest absolute Gasteiger partial charge is 0.399 e. The quantitative estimate of drug-likeness (QED) is 0.759. The van der Waals surface area contributed by atoms with Crippen LogP contribution in [0.1, 0.15) is 25.3 Å². The molecule has 1 aromatic rings. The van der Waals surface area contributed by atoms with Crippen molar-refractivity contribution in [2.45, 2.75) is 25.5 Å². The molecule has 1 aromatic carbocycles. The molecule has 1 unspecified atom stereocenters. The van der Waals surface area contributed by atoms with E-state index in [1.807, 2.05) is 24.3 Å². The van der Waals surface area contributed by atoms with Crippen LogP contribution in [-0.4, -0.2) is 9.96 Å². The Kier molecular flexibility index (Phi) is 4.66. The Hall–Kier alpha value is -0.830. The van der Waals surface area contributed by atoms with Gasteiger partial charge in [0.25, 0.3) is 0 Å². The molecule has 0 spiro atoms. The lowest BCUT2D eigenvalue weighted by atomic mass is 10.2. The maximum Gasteiger partial charge on any atom is 0.0485 e. The highest BCUT2D eigenvalue weighted by molar-refractivity contribution is 7.84. The molecule has 0 aliphatic heterocycles. The third-order valence-corrected chi connectivity index (χ3v) is 3.43. The van der Waals surface area contributed by atoms with E-state index in [2.05, 4.69) is 6.92 Å². The zero-order valence-corrected chi connectivity index (χ0v) is 9.35. The summed E-state index contributed by atoms with van der Waals surface area (Å²) < 4.78 is 11.5. The van der Waals surface area contributed by atoms with Gasteiger partial charge in [0.15, 0.2) is 0 Å². The first kappa shape index (κ1) is 11.2. The molecule has 0 saturated carbocycles. The van der Waals surface area contributed by atoms with Gasteiger partial charge in [-0.05, 0) is 24.1 Å². The Morgan fingerprint density at radius 1 is 1.29 bits per heavy atom. The number of benzene rings is 1. The molecular formula is C11H17NOS. The van der Waals surface area contributed by atoms with Crippen LogP contribution < -0.4 is 5.73 Å². The Morgan fingerprint density at radius 3 is 2.50 bits per heavy atom. The maximum atomic E-state index is 11.5. The lowest BCUT2D eigenvalue weighted by Gasteiger charge is -2.02. The van der Waals surface area contributed by atoms with E-state index >= 15 is 0 Å². The molecule has 0 aliphatic rings. The maximum absolute atomic E-state index is 11.5. The van der Waals surface area contributed by atoms with Gasteiger partial charge in [0, 0.05) is 28.0 Å². The van der Waals surface area contributed by atoms with Crippen LogP contribution in [0, 0.1) is 0 Å². The molecule has 0 bridgehead atoms. The van der Waals surface area contributed by atoms with Gasteiger partial charge in [-0.2, -0.15) is 0 Å². The van der Waals surface area contributed by atoms with Crippen molar-refractivity contribution in [3.05, 3.63) is 29.8 Å². The molecule has 0 fully saturated rings. The molecule has 2 N–H and O–H groups in total. The minimum absolute atomic E-state index is 0.653. The molecular weight excluding hydrogens is 194 g/mol. The molecule has 0 radical (unpaired) electrons. The van der Waals surface area contributed by atoms with Crippen molar-refractivity contribution in [3.8, 4) is 0 Å². The van der Waals surface area contributed by atoms with E-state index < -0.39 is 10.8 Å². The van der Waals surface area contributed by atoms with Crippen LogP contribution in [0.4, 0.5) is 5.69 Å². The van der Waals surface area contributed by atoms with Crippen LogP contribution >= 0.6 is 0 Å². The third kappa shape index (κ3) is 3.92. The number of anilines is 1. The number of hydrogen-bond acceptors (Lipinski definition) is 2. The Balaban J connectivity index is 2.44. The zero-order valence-electron chi connectivity index (χ0n) is 8.53. The first-order chi connectivity index (χ1) is 6.72. The summed E-state index contributed by atoms with van der Waals surface area (Å²) in [5, 5.41) is 0. The summed E-state index contributed by atoms with van der Waals surface area (Å²) in [4.78, 5) is 0. The Labute approximate surface area is 88.0 Å². The monoisotopic (exact) mass is 211 g/mol. The minimum Gasteiger partial charge on any atom is -0.399 e. The smallest absolute Gasteiger partial charge is 0.0485 e. The van der Waals surface area contributed by atoms with Gasteiger partial charge in [0.1, 0.15) is 0 Å². The highest BCUT2D eigenvalue weighted by atomic mass is 32.2. The van der Waals surface area contributed by atoms with E-state index in [-0.39, 0.29) is 0 Å². The second kappa shape index (κ2) is 5.81. The molecule has 78 valence electrons. The van der Waals surface area contributed by atoms with E-state index in [9.17, 15) is 4.21 Å². The van der Waals surface area contributed by atoms with Gasteiger partial charge < -0.3 is 5.73 Å². The number of rotatable bonds is 5. The fourth-order valence-corrected chi connectivity index (χ4v) is 2.50. The molecule has 1 atom stereocenters. The summed E-state index contributed by atoms with van der Waals surface area (Å²) in [5.41, 5.74) is 7.42. The van der Waals surface area contributed by atoms with E-state index in [1.165, 1.54) is 0 Å². The first-order valence-electron chi connectivity index (χ1n) is 4.91. The van der Waals surface area contributed by atoms with Gasteiger partial charge in [-0.15, -0.1) is 0 Å². The lowest BCUT2D eigenvalue weighted by molar-refractivity contribution is 0.679. The first-order valence-corrected chi connectivity index (χ1v) is 6.40. The van der Waals surface area contributed by atoms with Gasteiger partial charge in [-0.25, -0.2) is 0 Å². The number of unbranched alkanes of at least 4 members (excludes halogenated alkanes) is 1. The summed E-state index contributed by atoms with van der Waals surface area (Å²) in [6, 6.07) is 7.59. The molecule has 0 saturated heterocycles. The van der Waals surface area contributed by atoms with Crippen molar-refractivity contribution in [1.82, 2.24) is 0 Å². The van der Waals surface area contributed by atoms with Crippen LogP contribution in [0.3, 0.4) is 0 Å². The van der Waals surface area contributed by atoms with Gasteiger partial charge in [-0.1, -0.05) is 25.5 Å². The van der Waals surface area contributed by atoms with Crippen molar-refractivity contribution in [3.63, 3.8) is 0 Å². The summed E-state index contributed by atoms with van der Waals surface area (Å²) in [5.74, 6) is 1.46. The Bertz CT molecular complexity index is 295. The van der Waals surface area contributed by atoms with Gasteiger partial charge in [-0.3, -0.25) is 4.21 Å². The van der Waals surface area contributed by atoms with Gasteiger partial charge in [0.2, 0.25) is 0 Å². The average molecular weight is 211 g/mol. The van der Waals surface area contributed by atoms with Crippen LogP contribution in [-0.2, 0) is 16.6 Å². The SMILES string of the molecule is CCCCS(=O)Cc1ccc(N)cc1. The lowest BCUT2D eigenvalue weighted by Crippen LogP contribution is -2.00. The topological polar surface area (TPSA) is 43.1 Å².